The van der Waals surface area contributed by atoms with Gasteiger partial charge < -0.3 is 0 Å². The Morgan fingerprint density at radius 3 is 2.54 bits per heavy atom. The summed E-state index contributed by atoms with van der Waals surface area (Å²) in [5.41, 5.74) is 1.26. The molecule has 0 aliphatic rings. The van der Waals surface area contributed by atoms with Crippen molar-refractivity contribution in [2.75, 3.05) is 0 Å². The Kier molecular flexibility index (Phi) is 4.45. The lowest BCUT2D eigenvalue weighted by atomic mass is 10.0. The molecule has 0 saturated heterocycles. The predicted octanol–water partition coefficient (Wildman–Crippen LogP) is 4.87. The number of nitrogens with zero attached hydrogens (tertiary/aromatic N) is 9. The molecule has 0 fully saturated rings. The Labute approximate surface area is 195 Å². The molecule has 6 heterocycles. The first kappa shape index (κ1) is 21.5. The van der Waals surface area contributed by atoms with Gasteiger partial charge in [-0.2, -0.15) is 32.1 Å². The van der Waals surface area contributed by atoms with Gasteiger partial charge in [0.2, 0.25) is 5.82 Å². The van der Waals surface area contributed by atoms with E-state index >= 15 is 0 Å². The summed E-state index contributed by atoms with van der Waals surface area (Å²) < 4.78 is 70.7. The van der Waals surface area contributed by atoms with E-state index in [1.165, 1.54) is 23.1 Å². The first-order valence-electron chi connectivity index (χ1n) is 10.0. The largest absolute Gasteiger partial charge is 0.433 e. The van der Waals surface area contributed by atoms with Gasteiger partial charge in [0.05, 0.1) is 11.7 Å². The quantitative estimate of drug-likeness (QED) is 0.319. The zero-order chi connectivity index (χ0) is 24.6. The third kappa shape index (κ3) is 3.25. The second-order valence-electron chi connectivity index (χ2n) is 7.69. The monoisotopic (exact) mass is 505 g/mol. The fourth-order valence-corrected chi connectivity index (χ4v) is 4.95. The topological polar surface area (TPSA) is 91.6 Å². The standard InChI is InChI=1S/C20H12F5N9S/c1-8-10(6-27-32(8)2)9-5-12(20(23,24)25)28-18-13(9)14-15(35-18)17-29-16(31-34(17)7-26-14)11-3-4-33(30-11)19(21)22/h3-7,19H,1-2H3. The van der Waals surface area contributed by atoms with Crippen molar-refractivity contribution in [3.8, 4) is 22.6 Å². The summed E-state index contributed by atoms with van der Waals surface area (Å²) in [6.07, 6.45) is -0.698. The molecule has 0 aliphatic carbocycles. The molecule has 0 saturated carbocycles. The van der Waals surface area contributed by atoms with Gasteiger partial charge in [-0.3, -0.25) is 4.68 Å². The van der Waals surface area contributed by atoms with Crippen molar-refractivity contribution in [1.29, 1.82) is 0 Å². The van der Waals surface area contributed by atoms with Crippen molar-refractivity contribution in [2.45, 2.75) is 19.6 Å². The molecule has 178 valence electrons. The molecule has 15 heteroatoms. The number of hydrogen-bond acceptors (Lipinski definition) is 7. The minimum Gasteiger partial charge on any atom is -0.272 e. The number of fused-ring (bicyclic) bond motifs is 5. The van der Waals surface area contributed by atoms with Crippen molar-refractivity contribution in [3.63, 3.8) is 0 Å². The van der Waals surface area contributed by atoms with Crippen LogP contribution in [0.2, 0.25) is 0 Å². The fourth-order valence-electron chi connectivity index (χ4n) is 3.82. The van der Waals surface area contributed by atoms with Crippen LogP contribution in [0.15, 0.2) is 30.9 Å². The van der Waals surface area contributed by atoms with E-state index in [-0.39, 0.29) is 16.3 Å². The number of aryl methyl sites for hydroxylation is 1. The highest BCUT2D eigenvalue weighted by Crippen LogP contribution is 2.43. The molecular weight excluding hydrogens is 493 g/mol. The predicted molar refractivity (Wildman–Crippen MR) is 116 cm³/mol. The van der Waals surface area contributed by atoms with Crippen molar-refractivity contribution < 1.29 is 22.0 Å². The van der Waals surface area contributed by atoms with Crippen LogP contribution in [0.25, 0.3) is 48.7 Å². The van der Waals surface area contributed by atoms with Gasteiger partial charge in [-0.1, -0.05) is 0 Å². The minimum absolute atomic E-state index is 0.0726. The molecule has 0 amide bonds. The normalized spacial score (nSPS) is 12.7. The Hall–Kier alpha value is -4.01. The number of thiophene rings is 1. The number of aromatic nitrogens is 9. The van der Waals surface area contributed by atoms with Gasteiger partial charge in [0.15, 0.2) is 5.65 Å². The van der Waals surface area contributed by atoms with Crippen molar-refractivity contribution in [3.05, 3.63) is 42.2 Å². The van der Waals surface area contributed by atoms with Gasteiger partial charge in [-0.15, -0.1) is 16.4 Å². The smallest absolute Gasteiger partial charge is 0.272 e. The summed E-state index contributed by atoms with van der Waals surface area (Å²) in [7, 11) is 1.70. The molecule has 0 N–H and O–H groups in total. The number of rotatable bonds is 3. The van der Waals surface area contributed by atoms with E-state index < -0.39 is 18.4 Å². The molecule has 6 rings (SSSR count). The van der Waals surface area contributed by atoms with E-state index in [0.29, 0.717) is 42.8 Å². The summed E-state index contributed by atoms with van der Waals surface area (Å²) in [5, 5.41) is 12.6. The highest BCUT2D eigenvalue weighted by Gasteiger charge is 2.35. The first-order valence-corrected chi connectivity index (χ1v) is 10.8. The lowest BCUT2D eigenvalue weighted by Gasteiger charge is -2.10. The van der Waals surface area contributed by atoms with Gasteiger partial charge in [0.1, 0.15) is 27.2 Å². The van der Waals surface area contributed by atoms with E-state index in [1.807, 2.05) is 0 Å². The van der Waals surface area contributed by atoms with Gasteiger partial charge in [-0.05, 0) is 24.6 Å². The molecule has 35 heavy (non-hydrogen) atoms. The molecule has 6 aromatic heterocycles. The summed E-state index contributed by atoms with van der Waals surface area (Å²) in [6.45, 7) is -1.06. The second kappa shape index (κ2) is 7.24. The fraction of sp³-hybridized carbons (Fsp3) is 0.200. The zero-order valence-corrected chi connectivity index (χ0v) is 18.6. The molecule has 0 radical (unpaired) electrons. The molecule has 9 nitrogen and oxygen atoms in total. The third-order valence-electron chi connectivity index (χ3n) is 5.62. The van der Waals surface area contributed by atoms with Gasteiger partial charge in [0.25, 0.3) is 0 Å². The Morgan fingerprint density at radius 1 is 1.09 bits per heavy atom. The summed E-state index contributed by atoms with van der Waals surface area (Å²) in [4.78, 5) is 12.8. The van der Waals surface area contributed by atoms with Crippen molar-refractivity contribution >= 4 is 37.4 Å². The van der Waals surface area contributed by atoms with Crippen LogP contribution in [0.1, 0.15) is 17.9 Å². The maximum absolute atomic E-state index is 13.7. The maximum atomic E-state index is 13.7. The summed E-state index contributed by atoms with van der Waals surface area (Å²) >= 11 is 0.992. The highest BCUT2D eigenvalue weighted by molar-refractivity contribution is 7.26. The SMILES string of the molecule is Cc1c(-c2cc(C(F)(F)F)nc3sc4c(ncn5nc(-c6ccn(C(F)F)n6)nc45)c23)cnn1C. The van der Waals surface area contributed by atoms with E-state index in [4.69, 9.17) is 0 Å². The molecular formula is C20H12F5N9S. The second-order valence-corrected chi connectivity index (χ2v) is 8.69. The van der Waals surface area contributed by atoms with Gasteiger partial charge >= 0.3 is 12.7 Å². The molecule has 0 unspecified atom stereocenters. The van der Waals surface area contributed by atoms with Crippen LogP contribution in [-0.2, 0) is 13.2 Å². The third-order valence-corrected chi connectivity index (χ3v) is 6.69. The van der Waals surface area contributed by atoms with Crippen LogP contribution in [0.4, 0.5) is 22.0 Å². The van der Waals surface area contributed by atoms with Gasteiger partial charge in [-0.25, -0.2) is 24.1 Å². The number of halogens is 5. The molecule has 0 spiro atoms. The molecule has 6 aromatic rings. The Morgan fingerprint density at radius 2 is 1.89 bits per heavy atom. The maximum Gasteiger partial charge on any atom is 0.433 e. The average Bonchev–Trinajstić information content (AvgIpc) is 3.57. The number of pyridine rings is 1. The first-order chi connectivity index (χ1) is 16.6. The van der Waals surface area contributed by atoms with E-state index in [9.17, 15) is 22.0 Å². The van der Waals surface area contributed by atoms with E-state index in [2.05, 4.69) is 30.2 Å². The van der Waals surface area contributed by atoms with Crippen LogP contribution < -0.4 is 0 Å². The lowest BCUT2D eigenvalue weighted by molar-refractivity contribution is -0.140. The molecule has 0 atom stereocenters. The van der Waals surface area contributed by atoms with Crippen LogP contribution >= 0.6 is 11.3 Å². The zero-order valence-electron chi connectivity index (χ0n) is 17.8. The molecule has 0 aliphatic heterocycles. The van der Waals surface area contributed by atoms with Crippen LogP contribution in [0.3, 0.4) is 0 Å². The van der Waals surface area contributed by atoms with Crippen LogP contribution in [-0.4, -0.2) is 44.1 Å². The number of hydrogen-bond donors (Lipinski definition) is 0. The van der Waals surface area contributed by atoms with E-state index in [1.54, 1.807) is 18.7 Å². The van der Waals surface area contributed by atoms with Gasteiger partial charge in [0, 0.05) is 29.9 Å². The lowest BCUT2D eigenvalue weighted by Crippen LogP contribution is -2.08. The average molecular weight is 505 g/mol. The van der Waals surface area contributed by atoms with Crippen molar-refractivity contribution in [2.24, 2.45) is 7.05 Å². The molecule has 0 aromatic carbocycles. The summed E-state index contributed by atoms with van der Waals surface area (Å²) in [6, 6.07) is 2.34. The number of alkyl halides is 5. The van der Waals surface area contributed by atoms with Crippen LogP contribution in [0, 0.1) is 6.92 Å². The highest BCUT2D eigenvalue weighted by atomic mass is 32.1. The van der Waals surface area contributed by atoms with E-state index in [0.717, 1.165) is 23.6 Å². The summed E-state index contributed by atoms with van der Waals surface area (Å²) in [5.74, 6) is 0.0726. The molecule has 0 bridgehead atoms. The van der Waals surface area contributed by atoms with Crippen molar-refractivity contribution in [1.82, 2.24) is 44.1 Å². The Bertz CT molecular complexity index is 1760. The minimum atomic E-state index is -4.66. The van der Waals surface area contributed by atoms with Crippen LogP contribution in [0.5, 0.6) is 0 Å². The Balaban J connectivity index is 1.64.